The molecule has 76 valence electrons. The van der Waals surface area contributed by atoms with Gasteiger partial charge in [0.2, 0.25) is 5.91 Å². The summed E-state index contributed by atoms with van der Waals surface area (Å²) in [4.78, 5) is 11.2. The van der Waals surface area contributed by atoms with Crippen molar-refractivity contribution in [3.8, 4) is 0 Å². The van der Waals surface area contributed by atoms with E-state index in [0.29, 0.717) is 13.0 Å². The Morgan fingerprint density at radius 1 is 1.62 bits per heavy atom. The number of unbranched alkanes of at least 4 members (excludes halogenated alkanes) is 1. The highest BCUT2D eigenvalue weighted by atomic mass is 16.1. The summed E-state index contributed by atoms with van der Waals surface area (Å²) in [5, 5.41) is 2.89. The van der Waals surface area contributed by atoms with Crippen LogP contribution in [-0.4, -0.2) is 18.5 Å². The van der Waals surface area contributed by atoms with Gasteiger partial charge in [-0.25, -0.2) is 0 Å². The third kappa shape index (κ3) is 7.53. The summed E-state index contributed by atoms with van der Waals surface area (Å²) >= 11 is 0. The molecule has 3 N–H and O–H groups in total. The van der Waals surface area contributed by atoms with Crippen molar-refractivity contribution in [2.24, 2.45) is 5.73 Å². The molecule has 13 heavy (non-hydrogen) atoms. The molecule has 0 saturated carbocycles. The molecule has 0 heterocycles. The first-order chi connectivity index (χ1) is 6.20. The van der Waals surface area contributed by atoms with E-state index in [2.05, 4.69) is 11.9 Å². The molecular weight excluding hydrogens is 164 g/mol. The van der Waals surface area contributed by atoms with E-state index < -0.39 is 0 Å². The fourth-order valence-electron chi connectivity index (χ4n) is 1.09. The van der Waals surface area contributed by atoms with E-state index in [1.54, 1.807) is 0 Å². The van der Waals surface area contributed by atoms with E-state index in [1.807, 2.05) is 13.0 Å². The second-order valence-electron chi connectivity index (χ2n) is 3.24. The second-order valence-corrected chi connectivity index (χ2v) is 3.24. The molecule has 3 nitrogen and oxygen atoms in total. The molecule has 0 aromatic heterocycles. The van der Waals surface area contributed by atoms with Gasteiger partial charge in [0.05, 0.1) is 0 Å². The van der Waals surface area contributed by atoms with Crippen LogP contribution in [0.5, 0.6) is 0 Å². The lowest BCUT2D eigenvalue weighted by Gasteiger charge is -2.11. The number of carbonyl (C=O) groups is 1. The van der Waals surface area contributed by atoms with Gasteiger partial charge in [0.15, 0.2) is 0 Å². The van der Waals surface area contributed by atoms with Crippen molar-refractivity contribution >= 4 is 5.91 Å². The van der Waals surface area contributed by atoms with E-state index in [0.717, 1.165) is 19.3 Å². The zero-order chi connectivity index (χ0) is 10.1. The van der Waals surface area contributed by atoms with Crippen LogP contribution in [0.1, 0.15) is 32.6 Å². The van der Waals surface area contributed by atoms with Gasteiger partial charge in [0, 0.05) is 12.5 Å². The molecule has 0 fully saturated rings. The first-order valence-electron chi connectivity index (χ1n) is 4.81. The average Bonchev–Trinajstić information content (AvgIpc) is 2.05. The third-order valence-corrected chi connectivity index (χ3v) is 1.79. The molecule has 0 radical (unpaired) electrons. The van der Waals surface area contributed by atoms with Crippen molar-refractivity contribution in [1.82, 2.24) is 5.32 Å². The highest BCUT2D eigenvalue weighted by Gasteiger charge is 2.04. The normalized spacial score (nSPS) is 12.2. The van der Waals surface area contributed by atoms with Crippen molar-refractivity contribution in [1.29, 1.82) is 0 Å². The van der Waals surface area contributed by atoms with Crippen LogP contribution < -0.4 is 11.1 Å². The van der Waals surface area contributed by atoms with E-state index in [1.165, 1.54) is 0 Å². The van der Waals surface area contributed by atoms with Gasteiger partial charge >= 0.3 is 0 Å². The van der Waals surface area contributed by atoms with Gasteiger partial charge in [0.1, 0.15) is 0 Å². The first kappa shape index (κ1) is 12.2. The first-order valence-corrected chi connectivity index (χ1v) is 4.81. The summed E-state index contributed by atoms with van der Waals surface area (Å²) in [5.41, 5.74) is 5.32. The number of carbonyl (C=O) groups excluding carboxylic acids is 1. The molecule has 0 saturated heterocycles. The Labute approximate surface area is 80.4 Å². The average molecular weight is 184 g/mol. The van der Waals surface area contributed by atoms with Crippen molar-refractivity contribution in [2.45, 2.75) is 38.6 Å². The van der Waals surface area contributed by atoms with Crippen LogP contribution in [0.25, 0.3) is 0 Å². The second kappa shape index (κ2) is 7.80. The third-order valence-electron chi connectivity index (χ3n) is 1.79. The molecule has 1 amide bonds. The standard InChI is InChI=1S/C10H20N2O/c1-3-6-9(2)12-10(13)7-4-5-8-11/h3,9H,1,4-8,11H2,2H3,(H,12,13). The van der Waals surface area contributed by atoms with Gasteiger partial charge in [-0.2, -0.15) is 0 Å². The minimum absolute atomic E-state index is 0.114. The largest absolute Gasteiger partial charge is 0.353 e. The van der Waals surface area contributed by atoms with Crippen LogP contribution in [0.2, 0.25) is 0 Å². The smallest absolute Gasteiger partial charge is 0.220 e. The Morgan fingerprint density at radius 2 is 2.31 bits per heavy atom. The Morgan fingerprint density at radius 3 is 2.85 bits per heavy atom. The minimum Gasteiger partial charge on any atom is -0.353 e. The van der Waals surface area contributed by atoms with Crippen LogP contribution in [0.4, 0.5) is 0 Å². The number of amides is 1. The number of hydrogen-bond donors (Lipinski definition) is 2. The van der Waals surface area contributed by atoms with Gasteiger partial charge in [-0.05, 0) is 32.7 Å². The fraction of sp³-hybridized carbons (Fsp3) is 0.700. The Kier molecular flexibility index (Phi) is 7.30. The molecule has 0 aromatic carbocycles. The van der Waals surface area contributed by atoms with Gasteiger partial charge in [0.25, 0.3) is 0 Å². The zero-order valence-corrected chi connectivity index (χ0v) is 8.38. The summed E-state index contributed by atoms with van der Waals surface area (Å²) < 4.78 is 0. The lowest BCUT2D eigenvalue weighted by Crippen LogP contribution is -2.31. The fourth-order valence-corrected chi connectivity index (χ4v) is 1.09. The molecule has 3 heteroatoms. The predicted octanol–water partition coefficient (Wildman–Crippen LogP) is 1.20. The number of nitrogens with one attached hydrogen (secondary N) is 1. The van der Waals surface area contributed by atoms with Crippen molar-refractivity contribution in [3.05, 3.63) is 12.7 Å². The summed E-state index contributed by atoms with van der Waals surface area (Å²) in [6, 6.07) is 0.197. The molecular formula is C10H20N2O. The van der Waals surface area contributed by atoms with Gasteiger partial charge in [-0.15, -0.1) is 6.58 Å². The zero-order valence-electron chi connectivity index (χ0n) is 8.38. The Bertz CT molecular complexity index is 157. The molecule has 1 atom stereocenters. The molecule has 0 aliphatic rings. The van der Waals surface area contributed by atoms with Gasteiger partial charge in [-0.3, -0.25) is 4.79 Å². The van der Waals surface area contributed by atoms with E-state index in [-0.39, 0.29) is 11.9 Å². The predicted molar refractivity (Wildman–Crippen MR) is 55.3 cm³/mol. The number of rotatable bonds is 7. The van der Waals surface area contributed by atoms with E-state index >= 15 is 0 Å². The van der Waals surface area contributed by atoms with Crippen LogP contribution in [0.15, 0.2) is 12.7 Å². The van der Waals surface area contributed by atoms with Crippen molar-refractivity contribution in [2.75, 3.05) is 6.54 Å². The quantitative estimate of drug-likeness (QED) is 0.461. The van der Waals surface area contributed by atoms with Gasteiger partial charge < -0.3 is 11.1 Å². The van der Waals surface area contributed by atoms with Crippen LogP contribution in [0, 0.1) is 0 Å². The van der Waals surface area contributed by atoms with Gasteiger partial charge in [-0.1, -0.05) is 6.08 Å². The van der Waals surface area contributed by atoms with Crippen molar-refractivity contribution < 1.29 is 4.79 Å². The molecule has 0 rings (SSSR count). The maximum Gasteiger partial charge on any atom is 0.220 e. The van der Waals surface area contributed by atoms with Crippen molar-refractivity contribution in [3.63, 3.8) is 0 Å². The van der Waals surface area contributed by atoms with E-state index in [4.69, 9.17) is 5.73 Å². The minimum atomic E-state index is 0.114. The number of hydrogen-bond acceptors (Lipinski definition) is 2. The van der Waals surface area contributed by atoms with Crippen LogP contribution in [-0.2, 0) is 4.79 Å². The molecule has 0 aromatic rings. The van der Waals surface area contributed by atoms with Crippen LogP contribution in [0.3, 0.4) is 0 Å². The maximum atomic E-state index is 11.2. The lowest BCUT2D eigenvalue weighted by atomic mass is 10.2. The summed E-state index contributed by atoms with van der Waals surface area (Å²) in [6.07, 6.45) is 5.01. The molecule has 0 bridgehead atoms. The molecule has 0 spiro atoms. The monoisotopic (exact) mass is 184 g/mol. The molecule has 1 unspecified atom stereocenters. The Hall–Kier alpha value is -0.830. The van der Waals surface area contributed by atoms with E-state index in [9.17, 15) is 4.79 Å². The van der Waals surface area contributed by atoms with Crippen LogP contribution >= 0.6 is 0 Å². The highest BCUT2D eigenvalue weighted by molar-refractivity contribution is 5.76. The summed E-state index contributed by atoms with van der Waals surface area (Å²) in [6.45, 7) is 6.25. The highest BCUT2D eigenvalue weighted by Crippen LogP contribution is 1.96. The summed E-state index contributed by atoms with van der Waals surface area (Å²) in [7, 11) is 0. The molecule has 0 aliphatic heterocycles. The number of nitrogens with two attached hydrogens (primary N) is 1. The maximum absolute atomic E-state index is 11.2. The topological polar surface area (TPSA) is 55.1 Å². The molecule has 0 aliphatic carbocycles. The lowest BCUT2D eigenvalue weighted by molar-refractivity contribution is -0.121. The SMILES string of the molecule is C=CCC(C)NC(=O)CCCCN. The Balaban J connectivity index is 3.43. The summed E-state index contributed by atoms with van der Waals surface area (Å²) in [5.74, 6) is 0.114.